The summed E-state index contributed by atoms with van der Waals surface area (Å²) in [4.78, 5) is 0. The minimum absolute atomic E-state index is 0. The Morgan fingerprint density at radius 2 is 1.75 bits per heavy atom. The molecule has 0 unspecified atom stereocenters. The Balaban J connectivity index is -0.000000270. The van der Waals surface area contributed by atoms with Crippen LogP contribution in [-0.4, -0.2) is 0 Å². The Morgan fingerprint density at radius 3 is 1.92 bits per heavy atom. The molecular weight excluding hydrogens is 227 g/mol. The monoisotopic (exact) mass is 241 g/mol. The molecule has 1 aliphatic rings. The summed E-state index contributed by atoms with van der Waals surface area (Å²) < 4.78 is 0. The summed E-state index contributed by atoms with van der Waals surface area (Å²) in [7, 11) is 0. The van der Waals surface area contributed by atoms with E-state index in [1.54, 1.807) is 0 Å². The van der Waals surface area contributed by atoms with Gasteiger partial charge in [-0.1, -0.05) is 27.2 Å². The Kier molecular flexibility index (Phi) is 12.9. The van der Waals surface area contributed by atoms with E-state index in [2.05, 4.69) is 26.8 Å². The van der Waals surface area contributed by atoms with Crippen LogP contribution < -0.4 is 0 Å². The summed E-state index contributed by atoms with van der Waals surface area (Å²) in [6, 6.07) is 0. The second-order valence-corrected chi connectivity index (χ2v) is 2.59. The molecule has 0 fully saturated rings. The molecule has 0 spiro atoms. The molecule has 0 aliphatic heterocycles. The average Bonchev–Trinajstić information content (AvgIpc) is 2.12. The van der Waals surface area contributed by atoms with Gasteiger partial charge in [0.05, 0.1) is 0 Å². The van der Waals surface area contributed by atoms with Gasteiger partial charge < -0.3 is 0 Å². The summed E-state index contributed by atoms with van der Waals surface area (Å²) in [6.45, 7) is 6.55. The normalized spacial score (nSPS) is 14.1. The molecule has 0 N–H and O–H groups in total. The van der Waals surface area contributed by atoms with Crippen LogP contribution in [0.15, 0.2) is 16.7 Å². The van der Waals surface area contributed by atoms with Gasteiger partial charge in [0, 0.05) is 21.7 Å². The first-order valence-electron chi connectivity index (χ1n) is 3.52. The summed E-state index contributed by atoms with van der Waals surface area (Å²) in [6.07, 6.45) is 5.55. The molecule has 0 atom stereocenters. The summed E-state index contributed by atoms with van der Waals surface area (Å²) in [5.41, 5.74) is 4.40. The van der Waals surface area contributed by atoms with Gasteiger partial charge in [0.2, 0.25) is 0 Å². The maximum Gasteiger partial charge on any atom is 0 e. The van der Waals surface area contributed by atoms with Crippen molar-refractivity contribution in [3.05, 3.63) is 22.8 Å². The van der Waals surface area contributed by atoms with Crippen molar-refractivity contribution in [3.63, 3.8) is 0 Å². The van der Waals surface area contributed by atoms with Crippen molar-refractivity contribution < 1.29 is 21.7 Å². The largest absolute Gasteiger partial charge is 0.269 e. The van der Waals surface area contributed by atoms with Crippen LogP contribution >= 0.6 is 24.8 Å². The third-order valence-corrected chi connectivity index (χ3v) is 1.94. The van der Waals surface area contributed by atoms with Gasteiger partial charge >= 0.3 is 0 Å². The fourth-order valence-corrected chi connectivity index (χ4v) is 1.37. The van der Waals surface area contributed by atoms with Crippen LogP contribution in [0.5, 0.6) is 0 Å². The first-order chi connectivity index (χ1) is 4.25. The van der Waals surface area contributed by atoms with Gasteiger partial charge in [0.15, 0.2) is 0 Å². The van der Waals surface area contributed by atoms with Crippen molar-refractivity contribution >= 4 is 24.8 Å². The molecule has 0 heterocycles. The predicted molar refractivity (Wildman–Crippen MR) is 54.5 cm³/mol. The molecule has 0 aromatic heterocycles. The molecule has 0 aromatic rings. The third-order valence-electron chi connectivity index (χ3n) is 1.94. The van der Waals surface area contributed by atoms with E-state index in [1.807, 2.05) is 0 Å². The van der Waals surface area contributed by atoms with Gasteiger partial charge in [0.1, 0.15) is 0 Å². The van der Waals surface area contributed by atoms with E-state index in [-0.39, 0.29) is 46.5 Å². The molecule has 0 nitrogen and oxygen atoms in total. The Hall–Kier alpha value is 0.774. The van der Waals surface area contributed by atoms with E-state index in [4.69, 9.17) is 0 Å². The standard InChI is InChI=1S/C9H13.2ClH.Ti/c1-4-9-7(2)5-6-8(9)3;;;/h4-5H2,1-3H3;2*1H;/q-1;;;. The average molecular weight is 242 g/mol. The summed E-state index contributed by atoms with van der Waals surface area (Å²) in [5, 5.41) is 0. The number of hydrogen-bond acceptors (Lipinski definition) is 0. The molecule has 12 heavy (non-hydrogen) atoms. The molecule has 0 saturated heterocycles. The van der Waals surface area contributed by atoms with Gasteiger partial charge in [-0.05, 0) is 0 Å². The van der Waals surface area contributed by atoms with Gasteiger partial charge in [-0.2, -0.15) is 11.1 Å². The Morgan fingerprint density at radius 1 is 1.25 bits per heavy atom. The Bertz CT molecular complexity index is 183. The number of rotatable bonds is 1. The molecule has 0 aromatic carbocycles. The van der Waals surface area contributed by atoms with Gasteiger partial charge in [0.25, 0.3) is 0 Å². The summed E-state index contributed by atoms with van der Waals surface area (Å²) >= 11 is 0. The van der Waals surface area contributed by atoms with Gasteiger partial charge in [-0.15, -0.1) is 31.2 Å². The smallest absolute Gasteiger partial charge is 0 e. The van der Waals surface area contributed by atoms with E-state index in [1.165, 1.54) is 23.1 Å². The summed E-state index contributed by atoms with van der Waals surface area (Å²) in [5.74, 6) is 0. The molecule has 1 rings (SSSR count). The fraction of sp³-hybridized carbons (Fsp3) is 0.556. The maximum absolute atomic E-state index is 3.31. The van der Waals surface area contributed by atoms with Crippen LogP contribution in [0.1, 0.15) is 33.6 Å². The van der Waals surface area contributed by atoms with E-state index in [0.717, 1.165) is 6.42 Å². The molecule has 70 valence electrons. The van der Waals surface area contributed by atoms with Crippen LogP contribution in [0.2, 0.25) is 0 Å². The minimum atomic E-state index is 0. The molecule has 1 aliphatic carbocycles. The molecule has 0 saturated carbocycles. The van der Waals surface area contributed by atoms with Crippen molar-refractivity contribution in [1.29, 1.82) is 0 Å². The number of hydrogen-bond donors (Lipinski definition) is 0. The third kappa shape index (κ3) is 4.14. The van der Waals surface area contributed by atoms with Crippen LogP contribution in [0.3, 0.4) is 0 Å². The van der Waals surface area contributed by atoms with Crippen molar-refractivity contribution in [1.82, 2.24) is 0 Å². The number of halogens is 2. The minimum Gasteiger partial charge on any atom is -0.269 e. The Labute approximate surface area is 103 Å². The zero-order valence-electron chi connectivity index (χ0n) is 7.73. The molecule has 0 radical (unpaired) electrons. The van der Waals surface area contributed by atoms with Crippen LogP contribution in [-0.2, 0) is 21.7 Å². The molecule has 0 bridgehead atoms. The first-order valence-corrected chi connectivity index (χ1v) is 3.52. The van der Waals surface area contributed by atoms with Crippen LogP contribution in [0.4, 0.5) is 0 Å². The van der Waals surface area contributed by atoms with Crippen molar-refractivity contribution in [2.24, 2.45) is 0 Å². The van der Waals surface area contributed by atoms with E-state index >= 15 is 0 Å². The molecule has 3 heteroatoms. The number of allylic oxidation sites excluding steroid dienone is 4. The fourth-order valence-electron chi connectivity index (χ4n) is 1.37. The van der Waals surface area contributed by atoms with E-state index in [9.17, 15) is 0 Å². The SMILES string of the molecule is CCC1=C(C)C[C-]=C1C.Cl.Cl.[Ti]. The van der Waals surface area contributed by atoms with Gasteiger partial charge in [-0.3, -0.25) is 6.08 Å². The van der Waals surface area contributed by atoms with Crippen molar-refractivity contribution in [3.8, 4) is 0 Å². The zero-order valence-corrected chi connectivity index (χ0v) is 10.9. The van der Waals surface area contributed by atoms with Crippen LogP contribution in [0.25, 0.3) is 0 Å². The second-order valence-electron chi connectivity index (χ2n) is 2.59. The predicted octanol–water partition coefficient (Wildman–Crippen LogP) is 3.71. The van der Waals surface area contributed by atoms with Crippen molar-refractivity contribution in [2.75, 3.05) is 0 Å². The van der Waals surface area contributed by atoms with Crippen LogP contribution in [0, 0.1) is 6.08 Å². The second kappa shape index (κ2) is 8.38. The van der Waals surface area contributed by atoms with E-state index in [0.29, 0.717) is 0 Å². The first kappa shape index (κ1) is 18.5. The molecule has 0 amide bonds. The molecular formula is C9H15Cl2Ti-. The topological polar surface area (TPSA) is 0 Å². The van der Waals surface area contributed by atoms with Gasteiger partial charge in [-0.25, -0.2) is 5.57 Å². The van der Waals surface area contributed by atoms with Crippen molar-refractivity contribution in [2.45, 2.75) is 33.6 Å². The maximum atomic E-state index is 3.31. The quantitative estimate of drug-likeness (QED) is 0.485. The van der Waals surface area contributed by atoms with E-state index < -0.39 is 0 Å². The zero-order chi connectivity index (χ0) is 6.85.